The first-order valence-electron chi connectivity index (χ1n) is 14.4. The number of nitrogens with two attached hydrogens (primary N) is 3. The number of aromatic amines is 1. The van der Waals surface area contributed by atoms with Gasteiger partial charge in [-0.3, -0.25) is 15.0 Å². The standard InChI is InChI=1S/C15H25NO3.C8H8O.C6H13NO2.CH4N2.CH3NO.CHNO/c1-15(2,18-4)9-11-5-7-13(16-11)14-8-6-12(19-14)10-17-3;9-7-6-8-4-2-1-3-5-8;1-4(2)5(7)6(8)9-3;3*2-1-3/h5,7,12,14,16H,6,8-10H2,1-4H3;1-5,7H,6H2;4-5H,7H2,1-3H3;1H,(H3,2,3);1H,(H2,2,3);3H. The highest BCUT2D eigenvalue weighted by Crippen LogP contribution is 2.32. The third-order valence-corrected chi connectivity index (χ3v) is 6.10. The minimum atomic E-state index is -0.477. The third-order valence-electron chi connectivity index (χ3n) is 6.10. The molecule has 1 saturated heterocycles. The zero-order valence-corrected chi connectivity index (χ0v) is 28.1. The Kier molecular flexibility index (Phi) is 29.5. The lowest BCUT2D eigenvalue weighted by atomic mass is 10.0. The van der Waals surface area contributed by atoms with E-state index in [4.69, 9.17) is 40.5 Å². The molecule has 0 radical (unpaired) electrons. The van der Waals surface area contributed by atoms with Gasteiger partial charge in [-0.05, 0) is 50.3 Å². The number of hydrogen-bond donors (Lipinski definition) is 6. The molecule has 260 valence electrons. The Balaban J connectivity index is -0.000000576. The van der Waals surface area contributed by atoms with Crippen molar-refractivity contribution in [3.63, 3.8) is 0 Å². The number of nitriles is 1. The fraction of sp³-hybridized carbons (Fsp3) is 0.531. The first kappa shape index (κ1) is 46.1. The van der Waals surface area contributed by atoms with Crippen LogP contribution in [0.2, 0.25) is 0 Å². The van der Waals surface area contributed by atoms with Crippen LogP contribution in [0.25, 0.3) is 0 Å². The molecular weight excluding hydrogens is 596 g/mol. The number of methoxy groups -OCH3 is 3. The molecule has 0 spiro atoms. The number of H-pyrrole nitrogens is 1. The van der Waals surface area contributed by atoms with E-state index in [0.29, 0.717) is 13.0 Å². The molecular formula is C32H54N6O8. The third kappa shape index (κ3) is 24.1. The number of carbonyl (C=O) groups excluding carboxylic acids is 3. The summed E-state index contributed by atoms with van der Waals surface area (Å²) in [6, 6.07) is 13.5. The summed E-state index contributed by atoms with van der Waals surface area (Å²) < 4.78 is 21.0. The Morgan fingerprint density at radius 3 is 2.11 bits per heavy atom. The van der Waals surface area contributed by atoms with E-state index in [0.717, 1.165) is 43.7 Å². The summed E-state index contributed by atoms with van der Waals surface area (Å²) in [5.74, 6) is -0.192. The van der Waals surface area contributed by atoms with Crippen molar-refractivity contribution in [2.24, 2.45) is 23.1 Å². The average Bonchev–Trinajstić information content (AvgIpc) is 3.68. The number of aromatic nitrogens is 1. The Morgan fingerprint density at radius 2 is 1.70 bits per heavy atom. The maximum Gasteiger partial charge on any atom is 0.322 e. The maximum atomic E-state index is 10.6. The van der Waals surface area contributed by atoms with E-state index >= 15 is 0 Å². The predicted octanol–water partition coefficient (Wildman–Crippen LogP) is 2.91. The second-order valence-electron chi connectivity index (χ2n) is 10.4. The molecule has 2 heterocycles. The van der Waals surface area contributed by atoms with Crippen molar-refractivity contribution < 1.29 is 38.4 Å². The lowest BCUT2D eigenvalue weighted by Gasteiger charge is -2.22. The molecule has 2 aromatic rings. The molecule has 1 aromatic carbocycles. The quantitative estimate of drug-likeness (QED) is 0.0717. The van der Waals surface area contributed by atoms with Crippen molar-refractivity contribution in [1.29, 1.82) is 10.7 Å². The number of aliphatic hydroxyl groups excluding tert-OH is 1. The number of nitrogens with one attached hydrogen (secondary N) is 2. The molecule has 14 heteroatoms. The van der Waals surface area contributed by atoms with Crippen LogP contribution >= 0.6 is 0 Å². The number of aliphatic hydroxyl groups is 1. The van der Waals surface area contributed by atoms with Gasteiger partial charge in [-0.15, -0.1) is 0 Å². The molecule has 3 atom stereocenters. The van der Waals surface area contributed by atoms with Crippen molar-refractivity contribution in [2.45, 2.75) is 77.2 Å². The lowest BCUT2D eigenvalue weighted by Crippen LogP contribution is -2.36. The van der Waals surface area contributed by atoms with E-state index in [9.17, 15) is 9.59 Å². The van der Waals surface area contributed by atoms with Gasteiger partial charge in [0.25, 0.3) is 6.26 Å². The molecule has 0 aliphatic carbocycles. The van der Waals surface area contributed by atoms with Crippen LogP contribution in [0, 0.1) is 22.8 Å². The highest BCUT2D eigenvalue weighted by Gasteiger charge is 2.28. The van der Waals surface area contributed by atoms with Gasteiger partial charge in [0.05, 0.1) is 37.9 Å². The Bertz CT molecular complexity index is 1080. The number of ether oxygens (including phenoxy) is 4. The Morgan fingerprint density at radius 1 is 1.15 bits per heavy atom. The number of benzene rings is 1. The van der Waals surface area contributed by atoms with Crippen molar-refractivity contribution in [2.75, 3.05) is 27.9 Å². The zero-order chi connectivity index (χ0) is 36.0. The van der Waals surface area contributed by atoms with Crippen LogP contribution in [-0.4, -0.2) is 80.8 Å². The molecule has 14 nitrogen and oxygen atoms in total. The average molecular weight is 651 g/mol. The molecule has 1 fully saturated rings. The minimum Gasteiger partial charge on any atom is -0.468 e. The molecule has 1 aliphatic heterocycles. The van der Waals surface area contributed by atoms with E-state index in [1.54, 1.807) is 14.2 Å². The molecule has 3 rings (SSSR count). The summed E-state index contributed by atoms with van der Waals surface area (Å²) in [6.07, 6.45) is 6.60. The summed E-state index contributed by atoms with van der Waals surface area (Å²) in [4.78, 5) is 32.6. The second kappa shape index (κ2) is 29.4. The maximum absolute atomic E-state index is 10.6. The summed E-state index contributed by atoms with van der Waals surface area (Å²) in [7, 11) is 4.81. The first-order valence-corrected chi connectivity index (χ1v) is 14.4. The monoisotopic (exact) mass is 650 g/mol. The van der Waals surface area contributed by atoms with Gasteiger partial charge >= 0.3 is 5.97 Å². The molecule has 1 amide bonds. The van der Waals surface area contributed by atoms with E-state index < -0.39 is 6.04 Å². The van der Waals surface area contributed by atoms with Crippen LogP contribution in [0.3, 0.4) is 0 Å². The highest BCUT2D eigenvalue weighted by molar-refractivity contribution is 5.75. The van der Waals surface area contributed by atoms with E-state index in [-0.39, 0.29) is 36.1 Å². The molecule has 46 heavy (non-hydrogen) atoms. The lowest BCUT2D eigenvalue weighted by molar-refractivity contribution is -0.143. The fourth-order valence-corrected chi connectivity index (χ4v) is 3.64. The molecule has 1 aromatic heterocycles. The smallest absolute Gasteiger partial charge is 0.322 e. The minimum absolute atomic E-state index is 0.142. The van der Waals surface area contributed by atoms with Crippen LogP contribution in [0.5, 0.6) is 0 Å². The zero-order valence-electron chi connectivity index (χ0n) is 28.1. The van der Waals surface area contributed by atoms with E-state index in [2.05, 4.69) is 47.2 Å². The van der Waals surface area contributed by atoms with Gasteiger partial charge in [0, 0.05) is 38.4 Å². The molecule has 1 aliphatic rings. The topological polar surface area (TPSA) is 250 Å². The number of rotatable bonds is 10. The van der Waals surface area contributed by atoms with Crippen molar-refractivity contribution in [3.8, 4) is 6.26 Å². The summed E-state index contributed by atoms with van der Waals surface area (Å²) in [5, 5.41) is 19.6. The number of aldehydes is 1. The fourth-order valence-electron chi connectivity index (χ4n) is 3.64. The van der Waals surface area contributed by atoms with Gasteiger partial charge in [-0.25, -0.2) is 0 Å². The van der Waals surface area contributed by atoms with Crippen molar-refractivity contribution in [1.82, 2.24) is 4.98 Å². The number of carbonyl (C=O) groups is 3. The molecule has 0 bridgehead atoms. The normalized spacial score (nSPS) is 15.0. The number of nitrogens with zero attached hydrogens (tertiary/aromatic N) is 1. The number of primary amides is 1. The Labute approximate surface area is 273 Å². The van der Waals surface area contributed by atoms with Gasteiger partial charge in [0.15, 0.2) is 0 Å². The van der Waals surface area contributed by atoms with Crippen LogP contribution in [0.4, 0.5) is 0 Å². The Hall–Kier alpha value is -4.29. The van der Waals surface area contributed by atoms with Gasteiger partial charge in [0.1, 0.15) is 12.3 Å². The largest absolute Gasteiger partial charge is 0.468 e. The molecule has 9 N–H and O–H groups in total. The van der Waals surface area contributed by atoms with Crippen molar-refractivity contribution in [3.05, 3.63) is 59.4 Å². The van der Waals surface area contributed by atoms with Crippen LogP contribution in [0.15, 0.2) is 42.5 Å². The van der Waals surface area contributed by atoms with Crippen LogP contribution < -0.4 is 17.2 Å². The SMILES string of the molecule is COC(=O)C(N)C(C)C.COCC1CCC(c2ccc(CC(C)(C)OC)[nH]2)O1.N#CO.N=CN.NC=O.O=CCc1ccccc1. The van der Waals surface area contributed by atoms with Crippen molar-refractivity contribution >= 4 is 25.0 Å². The van der Waals surface area contributed by atoms with Crippen LogP contribution in [-0.2, 0) is 46.2 Å². The first-order chi connectivity index (χ1) is 21.8. The van der Waals surface area contributed by atoms with Crippen LogP contribution in [0.1, 0.15) is 63.6 Å². The van der Waals surface area contributed by atoms with Gasteiger partial charge in [-0.2, -0.15) is 5.26 Å². The van der Waals surface area contributed by atoms with Gasteiger partial charge in [-0.1, -0.05) is 44.2 Å². The summed E-state index contributed by atoms with van der Waals surface area (Å²) in [5.41, 5.74) is 17.2. The van der Waals surface area contributed by atoms with Gasteiger partial charge in [0.2, 0.25) is 6.41 Å². The number of amides is 1. The molecule has 3 unspecified atom stereocenters. The number of hydrogen-bond acceptors (Lipinski definition) is 11. The summed E-state index contributed by atoms with van der Waals surface area (Å²) >= 11 is 0. The second-order valence-corrected chi connectivity index (χ2v) is 10.4. The predicted molar refractivity (Wildman–Crippen MR) is 176 cm³/mol. The number of esters is 1. The highest BCUT2D eigenvalue weighted by atomic mass is 16.5. The van der Waals surface area contributed by atoms with E-state index in [1.807, 2.05) is 44.2 Å². The van der Waals surface area contributed by atoms with E-state index in [1.165, 1.54) is 18.5 Å². The van der Waals surface area contributed by atoms with Gasteiger partial charge < -0.3 is 51.0 Å². The summed E-state index contributed by atoms with van der Waals surface area (Å²) in [6.45, 7) is 8.62. The molecule has 0 saturated carbocycles.